The lowest BCUT2D eigenvalue weighted by atomic mass is 10.2. The second-order valence-corrected chi connectivity index (χ2v) is 12.0. The Morgan fingerprint density at radius 2 is 1.70 bits per heavy atom. The maximum atomic E-state index is 12.6. The minimum absolute atomic E-state index is 0.0742. The van der Waals surface area contributed by atoms with Crippen LogP contribution in [0.3, 0.4) is 0 Å². The molecule has 1 amide bonds. The number of nitrogens with zero attached hydrogens (tertiary/aromatic N) is 8. The van der Waals surface area contributed by atoms with E-state index in [1.165, 1.54) is 0 Å². The first-order chi connectivity index (χ1) is 18.9. The first kappa shape index (κ1) is 27.9. The summed E-state index contributed by atoms with van der Waals surface area (Å²) in [4.78, 5) is 33.2. The summed E-state index contributed by atoms with van der Waals surface area (Å²) in [5.74, 6) is 2.79. The highest BCUT2D eigenvalue weighted by Crippen LogP contribution is 2.27. The number of carbonyl (C=O) groups is 1. The number of amides is 1. The molecule has 5 heterocycles. The first-order valence-electron chi connectivity index (χ1n) is 14.1. The lowest BCUT2D eigenvalue weighted by molar-refractivity contribution is -0.00571. The van der Waals surface area contributed by atoms with Gasteiger partial charge in [-0.3, -0.25) is 4.68 Å². The minimum atomic E-state index is -0.521. The molecule has 0 bridgehead atoms. The van der Waals surface area contributed by atoms with E-state index < -0.39 is 5.60 Å². The molecule has 0 spiro atoms. The number of fused-ring (bicyclic) bond motifs is 1. The molecule has 216 valence electrons. The monoisotopic (exact) mass is 551 g/mol. The lowest BCUT2D eigenvalue weighted by Crippen LogP contribution is -2.50. The highest BCUT2D eigenvalue weighted by molar-refractivity contribution is 5.81. The number of rotatable bonds is 5. The van der Waals surface area contributed by atoms with Gasteiger partial charge in [-0.15, -0.1) is 0 Å². The number of carbonyl (C=O) groups excluding carboxylic acids is 1. The van der Waals surface area contributed by atoms with Crippen LogP contribution in [-0.2, 0) is 9.47 Å². The molecule has 40 heavy (non-hydrogen) atoms. The molecule has 2 aliphatic heterocycles. The van der Waals surface area contributed by atoms with Gasteiger partial charge in [0.25, 0.3) is 0 Å². The number of pyridine rings is 1. The van der Waals surface area contributed by atoms with Crippen molar-refractivity contribution in [1.82, 2.24) is 29.6 Å². The summed E-state index contributed by atoms with van der Waals surface area (Å²) in [6.07, 6.45) is 3.53. The Labute approximate surface area is 235 Å². The minimum Gasteiger partial charge on any atom is -0.444 e. The zero-order chi connectivity index (χ0) is 28.6. The number of ether oxygens (including phenoxy) is 2. The van der Waals surface area contributed by atoms with Crippen LogP contribution in [0.5, 0.6) is 0 Å². The third-order valence-electron chi connectivity index (χ3n) is 6.88. The molecule has 0 aliphatic carbocycles. The van der Waals surface area contributed by atoms with Crippen molar-refractivity contribution in [1.29, 1.82) is 0 Å². The summed E-state index contributed by atoms with van der Waals surface area (Å²) in [5.41, 5.74) is 0.489. The molecule has 2 unspecified atom stereocenters. The quantitative estimate of drug-likeness (QED) is 0.494. The third kappa shape index (κ3) is 6.38. The molecule has 2 fully saturated rings. The summed E-state index contributed by atoms with van der Waals surface area (Å²) in [5, 5.41) is 8.91. The van der Waals surface area contributed by atoms with Crippen LogP contribution in [0.25, 0.3) is 10.9 Å². The van der Waals surface area contributed by atoms with Crippen LogP contribution in [0.1, 0.15) is 54.5 Å². The number of aromatic nitrogens is 5. The van der Waals surface area contributed by atoms with Gasteiger partial charge in [-0.25, -0.2) is 9.78 Å². The largest absolute Gasteiger partial charge is 0.444 e. The molecule has 12 nitrogen and oxygen atoms in total. The highest BCUT2D eigenvalue weighted by Gasteiger charge is 2.29. The van der Waals surface area contributed by atoms with E-state index in [1.54, 1.807) is 4.90 Å². The van der Waals surface area contributed by atoms with E-state index in [0.717, 1.165) is 16.7 Å². The van der Waals surface area contributed by atoms with Crippen molar-refractivity contribution in [2.24, 2.45) is 0 Å². The van der Waals surface area contributed by atoms with E-state index in [2.05, 4.69) is 52.9 Å². The Kier molecular flexibility index (Phi) is 7.72. The molecule has 0 saturated carbocycles. The number of anilines is 4. The van der Waals surface area contributed by atoms with Crippen LogP contribution in [0.2, 0.25) is 0 Å². The fourth-order valence-electron chi connectivity index (χ4n) is 5.13. The second-order valence-electron chi connectivity index (χ2n) is 12.0. The fraction of sp³-hybridized carbons (Fsp3) is 0.607. The summed E-state index contributed by atoms with van der Waals surface area (Å²) in [6, 6.07) is 4.18. The van der Waals surface area contributed by atoms with Crippen LogP contribution in [0.15, 0.2) is 24.5 Å². The number of hydrogen-bond acceptors (Lipinski definition) is 10. The van der Waals surface area contributed by atoms with E-state index in [0.29, 0.717) is 56.9 Å². The van der Waals surface area contributed by atoms with Gasteiger partial charge in [0, 0.05) is 69.0 Å². The van der Waals surface area contributed by atoms with Crippen molar-refractivity contribution < 1.29 is 14.3 Å². The van der Waals surface area contributed by atoms with Crippen LogP contribution in [-0.4, -0.2) is 92.8 Å². The molecule has 2 atom stereocenters. The maximum Gasteiger partial charge on any atom is 0.410 e. The van der Waals surface area contributed by atoms with Crippen molar-refractivity contribution in [3.63, 3.8) is 0 Å². The van der Waals surface area contributed by atoms with E-state index in [-0.39, 0.29) is 24.3 Å². The molecule has 3 aromatic rings. The van der Waals surface area contributed by atoms with Crippen molar-refractivity contribution in [3.8, 4) is 0 Å². The number of morpholine rings is 1. The molecule has 0 aromatic carbocycles. The molecule has 3 aromatic heterocycles. The molecule has 12 heteroatoms. The van der Waals surface area contributed by atoms with Gasteiger partial charge in [-0.05, 0) is 48.5 Å². The normalized spacial score (nSPS) is 20.4. The van der Waals surface area contributed by atoms with Crippen molar-refractivity contribution >= 4 is 40.4 Å². The molecular weight excluding hydrogens is 510 g/mol. The van der Waals surface area contributed by atoms with Gasteiger partial charge in [0.15, 0.2) is 0 Å². The van der Waals surface area contributed by atoms with Crippen LogP contribution >= 0.6 is 0 Å². The summed E-state index contributed by atoms with van der Waals surface area (Å²) >= 11 is 0. The zero-order valence-electron chi connectivity index (χ0n) is 24.6. The number of hydrogen-bond donors (Lipinski definition) is 1. The second kappa shape index (κ2) is 11.1. The Morgan fingerprint density at radius 1 is 1.00 bits per heavy atom. The third-order valence-corrected chi connectivity index (χ3v) is 6.88. The first-order valence-corrected chi connectivity index (χ1v) is 14.1. The maximum absolute atomic E-state index is 12.6. The van der Waals surface area contributed by atoms with E-state index >= 15 is 0 Å². The summed E-state index contributed by atoms with van der Waals surface area (Å²) < 4.78 is 13.5. The molecule has 1 N–H and O–H groups in total. The molecule has 2 aliphatic rings. The average molecular weight is 552 g/mol. The molecule has 2 saturated heterocycles. The van der Waals surface area contributed by atoms with E-state index in [9.17, 15) is 4.79 Å². The summed E-state index contributed by atoms with van der Waals surface area (Å²) in [6.45, 7) is 17.8. The Bertz CT molecular complexity index is 1330. The topological polar surface area (TPSA) is 114 Å². The van der Waals surface area contributed by atoms with E-state index in [1.807, 2.05) is 50.0 Å². The van der Waals surface area contributed by atoms with Gasteiger partial charge in [0.2, 0.25) is 5.95 Å². The predicted octanol–water partition coefficient (Wildman–Crippen LogP) is 4.22. The highest BCUT2D eigenvalue weighted by atomic mass is 16.6. The fourth-order valence-corrected chi connectivity index (χ4v) is 5.13. The van der Waals surface area contributed by atoms with Crippen LogP contribution in [0, 0.1) is 0 Å². The van der Waals surface area contributed by atoms with Gasteiger partial charge in [-0.2, -0.15) is 15.1 Å². The molecular formula is C28H41N9O3. The summed E-state index contributed by atoms with van der Waals surface area (Å²) in [7, 11) is 0. The van der Waals surface area contributed by atoms with Crippen LogP contribution < -0.4 is 15.1 Å². The number of piperazine rings is 1. The van der Waals surface area contributed by atoms with Gasteiger partial charge in [0.1, 0.15) is 23.1 Å². The van der Waals surface area contributed by atoms with Crippen molar-refractivity contribution in [2.45, 2.75) is 72.3 Å². The van der Waals surface area contributed by atoms with Gasteiger partial charge in [0.05, 0.1) is 23.9 Å². The molecule has 0 radical (unpaired) electrons. The van der Waals surface area contributed by atoms with Crippen molar-refractivity contribution in [3.05, 3.63) is 24.5 Å². The number of nitrogens with one attached hydrogen (secondary N) is 1. The van der Waals surface area contributed by atoms with Crippen LogP contribution in [0.4, 0.5) is 28.2 Å². The van der Waals surface area contributed by atoms with Gasteiger partial charge < -0.3 is 29.5 Å². The standard InChI is InChI=1S/C28H41N9O3/c1-18(2)37-22-12-23(29-14-21(22)15-30-37)31-24-13-25(33-26(32-24)36-16-19(3)39-20(4)17-36)34-8-10-35(11-9-34)27(38)40-28(5,6)7/h12-15,18-20H,8-11,16-17H2,1-7H3,(H,29,31,32,33). The van der Waals surface area contributed by atoms with Gasteiger partial charge in [-0.1, -0.05) is 0 Å². The van der Waals surface area contributed by atoms with Gasteiger partial charge >= 0.3 is 6.09 Å². The average Bonchev–Trinajstić information content (AvgIpc) is 3.31. The Morgan fingerprint density at radius 3 is 2.35 bits per heavy atom. The smallest absolute Gasteiger partial charge is 0.410 e. The SMILES string of the molecule is CC1CN(c2nc(Nc3cc4c(cn3)cnn4C(C)C)cc(N3CCN(C(=O)OC(C)(C)C)CC3)n2)CC(C)O1. The van der Waals surface area contributed by atoms with E-state index in [4.69, 9.17) is 19.4 Å². The van der Waals surface area contributed by atoms with Crippen molar-refractivity contribution in [2.75, 3.05) is 54.4 Å². The predicted molar refractivity (Wildman–Crippen MR) is 155 cm³/mol. The Balaban J connectivity index is 1.41. The Hall–Kier alpha value is -3.67. The zero-order valence-corrected chi connectivity index (χ0v) is 24.6. The lowest BCUT2D eigenvalue weighted by Gasteiger charge is -2.38. The molecule has 5 rings (SSSR count).